The maximum absolute atomic E-state index is 5.91. The SMILES string of the molecule is Nc1ccccc1CC1CCCCN1. The van der Waals surface area contributed by atoms with E-state index in [1.807, 2.05) is 12.1 Å². The summed E-state index contributed by atoms with van der Waals surface area (Å²) in [5, 5.41) is 3.54. The zero-order valence-electron chi connectivity index (χ0n) is 8.50. The van der Waals surface area contributed by atoms with Gasteiger partial charge in [-0.1, -0.05) is 24.6 Å². The van der Waals surface area contributed by atoms with Crippen molar-refractivity contribution < 1.29 is 0 Å². The number of nitrogens with two attached hydrogens (primary N) is 1. The van der Waals surface area contributed by atoms with Crippen LogP contribution < -0.4 is 11.1 Å². The molecule has 0 amide bonds. The van der Waals surface area contributed by atoms with E-state index in [-0.39, 0.29) is 0 Å². The first-order chi connectivity index (χ1) is 6.86. The zero-order valence-corrected chi connectivity index (χ0v) is 8.50. The van der Waals surface area contributed by atoms with Crippen molar-refractivity contribution >= 4 is 5.69 Å². The Morgan fingerprint density at radius 1 is 1.29 bits per heavy atom. The predicted octanol–water partition coefficient (Wildman–Crippen LogP) is 1.95. The highest BCUT2D eigenvalue weighted by Crippen LogP contribution is 2.17. The number of piperidine rings is 1. The second kappa shape index (κ2) is 4.47. The van der Waals surface area contributed by atoms with Crippen molar-refractivity contribution in [1.82, 2.24) is 5.32 Å². The molecule has 1 atom stereocenters. The van der Waals surface area contributed by atoms with Crippen molar-refractivity contribution in [1.29, 1.82) is 0 Å². The molecule has 3 N–H and O–H groups in total. The van der Waals surface area contributed by atoms with E-state index >= 15 is 0 Å². The molecular weight excluding hydrogens is 172 g/mol. The van der Waals surface area contributed by atoms with Gasteiger partial charge in [0.2, 0.25) is 0 Å². The van der Waals surface area contributed by atoms with E-state index in [1.165, 1.54) is 24.8 Å². The average Bonchev–Trinajstić information content (AvgIpc) is 2.23. The molecule has 0 aromatic heterocycles. The van der Waals surface area contributed by atoms with Crippen molar-refractivity contribution in [3.8, 4) is 0 Å². The first kappa shape index (κ1) is 9.53. The lowest BCUT2D eigenvalue weighted by molar-refractivity contribution is 0.399. The van der Waals surface area contributed by atoms with Crippen LogP contribution in [0.4, 0.5) is 5.69 Å². The summed E-state index contributed by atoms with van der Waals surface area (Å²) in [5.74, 6) is 0. The van der Waals surface area contributed by atoms with E-state index < -0.39 is 0 Å². The lowest BCUT2D eigenvalue weighted by atomic mass is 9.97. The van der Waals surface area contributed by atoms with E-state index in [2.05, 4.69) is 17.4 Å². The topological polar surface area (TPSA) is 38.0 Å². The molecule has 1 unspecified atom stereocenters. The lowest BCUT2D eigenvalue weighted by Gasteiger charge is -2.23. The van der Waals surface area contributed by atoms with Gasteiger partial charge in [-0.15, -0.1) is 0 Å². The van der Waals surface area contributed by atoms with Crippen LogP contribution in [0.25, 0.3) is 0 Å². The van der Waals surface area contributed by atoms with Crippen LogP contribution in [0, 0.1) is 0 Å². The van der Waals surface area contributed by atoms with Gasteiger partial charge in [-0.25, -0.2) is 0 Å². The Bertz CT molecular complexity index is 290. The number of para-hydroxylation sites is 1. The number of nitrogens with one attached hydrogen (secondary N) is 1. The molecule has 1 aliphatic rings. The minimum Gasteiger partial charge on any atom is -0.399 e. The van der Waals surface area contributed by atoms with E-state index in [4.69, 9.17) is 5.73 Å². The summed E-state index contributed by atoms with van der Waals surface area (Å²) in [6.45, 7) is 1.16. The fraction of sp³-hybridized carbons (Fsp3) is 0.500. The Morgan fingerprint density at radius 2 is 2.14 bits per heavy atom. The van der Waals surface area contributed by atoms with Crippen LogP contribution >= 0.6 is 0 Å². The fourth-order valence-corrected chi connectivity index (χ4v) is 2.08. The van der Waals surface area contributed by atoms with Crippen molar-refractivity contribution in [3.05, 3.63) is 29.8 Å². The number of nitrogen functional groups attached to an aromatic ring is 1. The molecule has 1 aromatic carbocycles. The average molecular weight is 190 g/mol. The minimum absolute atomic E-state index is 0.633. The van der Waals surface area contributed by atoms with Crippen LogP contribution in [0.1, 0.15) is 24.8 Å². The molecule has 2 rings (SSSR count). The van der Waals surface area contributed by atoms with Gasteiger partial charge < -0.3 is 11.1 Å². The summed E-state index contributed by atoms with van der Waals surface area (Å²) in [6.07, 6.45) is 5.03. The van der Waals surface area contributed by atoms with Crippen molar-refractivity contribution in [3.63, 3.8) is 0 Å². The van der Waals surface area contributed by atoms with Gasteiger partial charge in [0.1, 0.15) is 0 Å². The third kappa shape index (κ3) is 2.26. The Balaban J connectivity index is 1.99. The van der Waals surface area contributed by atoms with Crippen LogP contribution in [0.5, 0.6) is 0 Å². The van der Waals surface area contributed by atoms with Crippen LogP contribution in [0.2, 0.25) is 0 Å². The molecule has 0 spiro atoms. The lowest BCUT2D eigenvalue weighted by Crippen LogP contribution is -2.35. The second-order valence-electron chi connectivity index (χ2n) is 4.05. The second-order valence-corrected chi connectivity index (χ2v) is 4.05. The van der Waals surface area contributed by atoms with Crippen LogP contribution in [-0.2, 0) is 6.42 Å². The summed E-state index contributed by atoms with van der Waals surface area (Å²) in [4.78, 5) is 0. The highest BCUT2D eigenvalue weighted by molar-refractivity contribution is 5.46. The summed E-state index contributed by atoms with van der Waals surface area (Å²) in [6, 6.07) is 8.80. The van der Waals surface area contributed by atoms with Gasteiger partial charge in [-0.2, -0.15) is 0 Å². The Hall–Kier alpha value is -1.02. The maximum atomic E-state index is 5.91. The van der Waals surface area contributed by atoms with Crippen molar-refractivity contribution in [2.24, 2.45) is 0 Å². The first-order valence-corrected chi connectivity index (χ1v) is 5.43. The quantitative estimate of drug-likeness (QED) is 0.700. The summed E-state index contributed by atoms with van der Waals surface area (Å²) < 4.78 is 0. The fourth-order valence-electron chi connectivity index (χ4n) is 2.08. The zero-order chi connectivity index (χ0) is 9.80. The molecule has 2 nitrogen and oxygen atoms in total. The molecule has 1 aliphatic heterocycles. The molecule has 1 heterocycles. The highest BCUT2D eigenvalue weighted by atomic mass is 14.9. The van der Waals surface area contributed by atoms with Gasteiger partial charge in [0.25, 0.3) is 0 Å². The number of hydrogen-bond donors (Lipinski definition) is 2. The molecule has 0 aliphatic carbocycles. The smallest absolute Gasteiger partial charge is 0.0347 e. The van der Waals surface area contributed by atoms with Crippen molar-refractivity contribution in [2.75, 3.05) is 12.3 Å². The summed E-state index contributed by atoms with van der Waals surface area (Å²) >= 11 is 0. The number of hydrogen-bond acceptors (Lipinski definition) is 2. The molecule has 0 bridgehead atoms. The van der Waals surface area contributed by atoms with Gasteiger partial charge >= 0.3 is 0 Å². The monoisotopic (exact) mass is 190 g/mol. The summed E-state index contributed by atoms with van der Waals surface area (Å²) in [5.41, 5.74) is 8.12. The molecule has 2 heteroatoms. The molecule has 76 valence electrons. The molecule has 0 radical (unpaired) electrons. The first-order valence-electron chi connectivity index (χ1n) is 5.43. The number of anilines is 1. The predicted molar refractivity (Wildman–Crippen MR) is 60.2 cm³/mol. The molecule has 1 fully saturated rings. The van der Waals surface area contributed by atoms with E-state index in [0.29, 0.717) is 6.04 Å². The molecule has 1 aromatic rings. The standard InChI is InChI=1S/C12H18N2/c13-12-7-2-1-5-10(12)9-11-6-3-4-8-14-11/h1-2,5,7,11,14H,3-4,6,8-9,13H2. The van der Waals surface area contributed by atoms with Gasteiger partial charge in [-0.05, 0) is 37.4 Å². The van der Waals surface area contributed by atoms with E-state index in [1.54, 1.807) is 0 Å². The van der Waals surface area contributed by atoms with E-state index in [9.17, 15) is 0 Å². The maximum Gasteiger partial charge on any atom is 0.0347 e. The summed E-state index contributed by atoms with van der Waals surface area (Å²) in [7, 11) is 0. The van der Waals surface area contributed by atoms with Gasteiger partial charge in [0.15, 0.2) is 0 Å². The Kier molecular flexibility index (Phi) is 3.04. The molecule has 0 saturated carbocycles. The third-order valence-corrected chi connectivity index (χ3v) is 2.93. The number of rotatable bonds is 2. The molecule has 14 heavy (non-hydrogen) atoms. The normalized spacial score (nSPS) is 22.1. The molecule has 1 saturated heterocycles. The van der Waals surface area contributed by atoms with Crippen molar-refractivity contribution in [2.45, 2.75) is 31.7 Å². The Morgan fingerprint density at radius 3 is 2.86 bits per heavy atom. The van der Waals surface area contributed by atoms with Crippen LogP contribution in [-0.4, -0.2) is 12.6 Å². The van der Waals surface area contributed by atoms with E-state index in [0.717, 1.165) is 18.7 Å². The van der Waals surface area contributed by atoms with Gasteiger partial charge in [-0.3, -0.25) is 0 Å². The van der Waals surface area contributed by atoms with Crippen LogP contribution in [0.3, 0.4) is 0 Å². The van der Waals surface area contributed by atoms with Gasteiger partial charge in [0, 0.05) is 11.7 Å². The third-order valence-electron chi connectivity index (χ3n) is 2.93. The van der Waals surface area contributed by atoms with Crippen LogP contribution in [0.15, 0.2) is 24.3 Å². The molecular formula is C12H18N2. The largest absolute Gasteiger partial charge is 0.399 e. The number of benzene rings is 1. The van der Waals surface area contributed by atoms with Gasteiger partial charge in [0.05, 0.1) is 0 Å². The highest BCUT2D eigenvalue weighted by Gasteiger charge is 2.13. The Labute approximate surface area is 85.5 Å². The minimum atomic E-state index is 0.633.